The normalized spacial score (nSPS) is 10.6. The monoisotopic (exact) mass is 323 g/mol. The van der Waals surface area contributed by atoms with Crippen LogP contribution in [-0.4, -0.2) is 35.0 Å². The van der Waals surface area contributed by atoms with E-state index in [1.165, 1.54) is 0 Å². The van der Waals surface area contributed by atoms with Gasteiger partial charge in [0.05, 0.1) is 5.52 Å². The number of nitrogens with two attached hydrogens (primary N) is 1. The van der Waals surface area contributed by atoms with Gasteiger partial charge >= 0.3 is 5.97 Å². The quantitative estimate of drug-likeness (QED) is 0.734. The molecule has 24 heavy (non-hydrogen) atoms. The molecule has 122 valence electrons. The van der Waals surface area contributed by atoms with E-state index in [4.69, 9.17) is 10.5 Å². The standard InChI is InChI=1S/C17H17N5O2/c1-22(2)16-12(7-5-9-19-16)17(23)24-10-14-20-13-8-4-3-6-11(13)15(18)21-14/h3-9H,10H2,1-2H3,(H2,18,20,21). The molecule has 2 N–H and O–H groups in total. The molecule has 0 bridgehead atoms. The van der Waals surface area contributed by atoms with Gasteiger partial charge in [0.15, 0.2) is 12.4 Å². The Balaban J connectivity index is 1.80. The highest BCUT2D eigenvalue weighted by atomic mass is 16.5. The Kier molecular flexibility index (Phi) is 4.24. The van der Waals surface area contributed by atoms with Crippen molar-refractivity contribution in [2.75, 3.05) is 24.7 Å². The maximum absolute atomic E-state index is 12.3. The first-order valence-electron chi connectivity index (χ1n) is 7.37. The van der Waals surface area contributed by atoms with Crippen LogP contribution in [0, 0.1) is 0 Å². The fourth-order valence-corrected chi connectivity index (χ4v) is 2.34. The first-order chi connectivity index (χ1) is 11.6. The zero-order chi connectivity index (χ0) is 17.1. The van der Waals surface area contributed by atoms with Crippen molar-refractivity contribution in [3.05, 3.63) is 54.0 Å². The van der Waals surface area contributed by atoms with E-state index in [1.54, 1.807) is 23.2 Å². The fraction of sp³-hybridized carbons (Fsp3) is 0.176. The second-order valence-corrected chi connectivity index (χ2v) is 5.39. The lowest BCUT2D eigenvalue weighted by Crippen LogP contribution is -2.17. The maximum atomic E-state index is 12.3. The Bertz CT molecular complexity index is 895. The number of esters is 1. The number of hydrogen-bond acceptors (Lipinski definition) is 7. The smallest absolute Gasteiger partial charge is 0.342 e. The van der Waals surface area contributed by atoms with Gasteiger partial charge in [-0.25, -0.2) is 19.7 Å². The Morgan fingerprint density at radius 1 is 1.17 bits per heavy atom. The average Bonchev–Trinajstić information content (AvgIpc) is 2.59. The SMILES string of the molecule is CN(C)c1ncccc1C(=O)OCc1nc(N)c2ccccc2n1. The van der Waals surface area contributed by atoms with Gasteiger partial charge in [-0.3, -0.25) is 0 Å². The molecule has 2 aromatic heterocycles. The number of hydrogen-bond donors (Lipinski definition) is 1. The predicted molar refractivity (Wildman–Crippen MR) is 91.6 cm³/mol. The van der Waals surface area contributed by atoms with Crippen LogP contribution >= 0.6 is 0 Å². The lowest BCUT2D eigenvalue weighted by atomic mass is 10.2. The number of fused-ring (bicyclic) bond motifs is 1. The number of pyridine rings is 1. The number of carbonyl (C=O) groups is 1. The minimum Gasteiger partial charge on any atom is -0.454 e. The van der Waals surface area contributed by atoms with Crippen LogP contribution in [-0.2, 0) is 11.3 Å². The summed E-state index contributed by atoms with van der Waals surface area (Å²) in [4.78, 5) is 26.8. The highest BCUT2D eigenvalue weighted by Gasteiger charge is 2.16. The van der Waals surface area contributed by atoms with Gasteiger partial charge in [-0.15, -0.1) is 0 Å². The van der Waals surface area contributed by atoms with Crippen molar-refractivity contribution < 1.29 is 9.53 Å². The molecule has 0 atom stereocenters. The number of nitrogen functional groups attached to an aromatic ring is 1. The summed E-state index contributed by atoms with van der Waals surface area (Å²) in [6.45, 7) is -0.0599. The molecule has 7 nitrogen and oxygen atoms in total. The first-order valence-corrected chi connectivity index (χ1v) is 7.37. The number of anilines is 2. The Labute approximate surface area is 139 Å². The van der Waals surface area contributed by atoms with Gasteiger partial charge in [-0.1, -0.05) is 12.1 Å². The van der Waals surface area contributed by atoms with Gasteiger partial charge in [0, 0.05) is 25.7 Å². The van der Waals surface area contributed by atoms with E-state index in [1.807, 2.05) is 38.4 Å². The number of rotatable bonds is 4. The molecule has 0 saturated heterocycles. The zero-order valence-corrected chi connectivity index (χ0v) is 13.4. The van der Waals surface area contributed by atoms with Gasteiger partial charge in [0.1, 0.15) is 17.2 Å². The summed E-state index contributed by atoms with van der Waals surface area (Å²) in [5, 5.41) is 0.773. The molecule has 0 spiro atoms. The van der Waals surface area contributed by atoms with E-state index in [-0.39, 0.29) is 6.61 Å². The van der Waals surface area contributed by atoms with Crippen molar-refractivity contribution in [3.63, 3.8) is 0 Å². The summed E-state index contributed by atoms with van der Waals surface area (Å²) in [7, 11) is 3.62. The number of ether oxygens (including phenoxy) is 1. The van der Waals surface area contributed by atoms with Crippen LogP contribution in [0.1, 0.15) is 16.2 Å². The third-order valence-corrected chi connectivity index (χ3v) is 3.44. The van der Waals surface area contributed by atoms with Gasteiger partial charge in [0.2, 0.25) is 0 Å². The van der Waals surface area contributed by atoms with Crippen LogP contribution in [0.25, 0.3) is 10.9 Å². The third-order valence-electron chi connectivity index (χ3n) is 3.44. The number of benzene rings is 1. The molecule has 0 unspecified atom stereocenters. The van der Waals surface area contributed by atoms with Crippen LogP contribution in [0.15, 0.2) is 42.6 Å². The molecular weight excluding hydrogens is 306 g/mol. The molecule has 0 aliphatic heterocycles. The summed E-state index contributed by atoms with van der Waals surface area (Å²) in [5.74, 6) is 0.778. The van der Waals surface area contributed by atoms with E-state index in [2.05, 4.69) is 15.0 Å². The highest BCUT2D eigenvalue weighted by Crippen LogP contribution is 2.19. The predicted octanol–water partition coefficient (Wildman–Crippen LogP) is 2.03. The largest absolute Gasteiger partial charge is 0.454 e. The second-order valence-electron chi connectivity index (χ2n) is 5.39. The van der Waals surface area contributed by atoms with Crippen LogP contribution in [0.3, 0.4) is 0 Å². The van der Waals surface area contributed by atoms with E-state index in [0.717, 1.165) is 5.39 Å². The van der Waals surface area contributed by atoms with Crippen LogP contribution in [0.5, 0.6) is 0 Å². The first kappa shape index (κ1) is 15.7. The van der Waals surface area contributed by atoms with Gasteiger partial charge < -0.3 is 15.4 Å². The molecule has 7 heteroatoms. The van der Waals surface area contributed by atoms with Crippen molar-refractivity contribution in [1.29, 1.82) is 0 Å². The Hall–Kier alpha value is -3.22. The lowest BCUT2D eigenvalue weighted by molar-refractivity contribution is 0.0463. The molecule has 0 fully saturated rings. The van der Waals surface area contributed by atoms with Crippen LogP contribution in [0.4, 0.5) is 11.6 Å². The minimum absolute atomic E-state index is 0.0599. The molecule has 3 aromatic rings. The van der Waals surface area contributed by atoms with E-state index >= 15 is 0 Å². The highest BCUT2D eigenvalue weighted by molar-refractivity contribution is 5.94. The molecule has 0 aliphatic rings. The van der Waals surface area contributed by atoms with Gasteiger partial charge in [-0.05, 0) is 24.3 Å². The number of nitrogens with zero attached hydrogens (tertiary/aromatic N) is 4. The van der Waals surface area contributed by atoms with Crippen molar-refractivity contribution >= 4 is 28.5 Å². The summed E-state index contributed by atoms with van der Waals surface area (Å²) in [5.41, 5.74) is 7.03. The van der Waals surface area contributed by atoms with Crippen molar-refractivity contribution in [1.82, 2.24) is 15.0 Å². The average molecular weight is 323 g/mol. The van der Waals surface area contributed by atoms with Crippen molar-refractivity contribution in [3.8, 4) is 0 Å². The Morgan fingerprint density at radius 3 is 2.75 bits per heavy atom. The molecule has 0 radical (unpaired) electrons. The molecule has 0 aliphatic carbocycles. The molecule has 0 saturated carbocycles. The van der Waals surface area contributed by atoms with Crippen LogP contribution < -0.4 is 10.6 Å². The van der Waals surface area contributed by atoms with E-state index in [0.29, 0.717) is 28.5 Å². The zero-order valence-electron chi connectivity index (χ0n) is 13.4. The number of aromatic nitrogens is 3. The molecule has 2 heterocycles. The second kappa shape index (κ2) is 6.49. The number of para-hydroxylation sites is 1. The molecule has 3 rings (SSSR count). The third kappa shape index (κ3) is 3.10. The van der Waals surface area contributed by atoms with Gasteiger partial charge in [-0.2, -0.15) is 0 Å². The summed E-state index contributed by atoms with van der Waals surface area (Å²) in [6, 6.07) is 10.8. The van der Waals surface area contributed by atoms with E-state index < -0.39 is 5.97 Å². The maximum Gasteiger partial charge on any atom is 0.342 e. The lowest BCUT2D eigenvalue weighted by Gasteiger charge is -2.14. The molecule has 0 amide bonds. The van der Waals surface area contributed by atoms with Crippen molar-refractivity contribution in [2.45, 2.75) is 6.61 Å². The van der Waals surface area contributed by atoms with E-state index in [9.17, 15) is 4.79 Å². The molecular formula is C17H17N5O2. The van der Waals surface area contributed by atoms with Gasteiger partial charge in [0.25, 0.3) is 0 Å². The Morgan fingerprint density at radius 2 is 1.96 bits per heavy atom. The van der Waals surface area contributed by atoms with Crippen LogP contribution in [0.2, 0.25) is 0 Å². The minimum atomic E-state index is -0.484. The number of carbonyl (C=O) groups excluding carboxylic acids is 1. The topological polar surface area (TPSA) is 94.2 Å². The summed E-state index contributed by atoms with van der Waals surface area (Å²) >= 11 is 0. The summed E-state index contributed by atoms with van der Waals surface area (Å²) in [6.07, 6.45) is 1.62. The fourth-order valence-electron chi connectivity index (χ4n) is 2.34. The summed E-state index contributed by atoms with van der Waals surface area (Å²) < 4.78 is 5.32. The van der Waals surface area contributed by atoms with Crippen molar-refractivity contribution in [2.24, 2.45) is 0 Å². The molecule has 1 aromatic carbocycles.